The van der Waals surface area contributed by atoms with E-state index < -0.39 is 5.54 Å². The number of amides is 1. The Balaban J connectivity index is 2.17. The van der Waals surface area contributed by atoms with Gasteiger partial charge in [-0.2, -0.15) is 5.10 Å². The molecule has 1 amide bonds. The van der Waals surface area contributed by atoms with Crippen molar-refractivity contribution in [3.05, 3.63) is 11.9 Å². The molecule has 1 saturated carbocycles. The minimum Gasteiger partial charge on any atom is -0.396 e. The first-order valence-corrected chi connectivity index (χ1v) is 6.68. The Morgan fingerprint density at radius 1 is 1.74 bits per heavy atom. The Labute approximate surface area is 113 Å². The minimum atomic E-state index is -0.522. The molecular weight excluding hydrogens is 244 g/mol. The lowest BCUT2D eigenvalue weighted by molar-refractivity contribution is 0.0690. The Morgan fingerprint density at radius 2 is 2.47 bits per heavy atom. The van der Waals surface area contributed by atoms with E-state index in [0.717, 1.165) is 25.7 Å². The Hall–Kier alpha value is -1.56. The summed E-state index contributed by atoms with van der Waals surface area (Å²) in [5.74, 6) is 0.241. The monoisotopic (exact) mass is 266 g/mol. The molecule has 0 radical (unpaired) electrons. The molecule has 19 heavy (non-hydrogen) atoms. The van der Waals surface area contributed by atoms with Crippen LogP contribution in [0.3, 0.4) is 0 Å². The molecule has 0 spiro atoms. The zero-order valence-electron chi connectivity index (χ0n) is 11.5. The van der Waals surface area contributed by atoms with Crippen molar-refractivity contribution in [3.63, 3.8) is 0 Å². The summed E-state index contributed by atoms with van der Waals surface area (Å²) in [7, 11) is 1.68. The van der Waals surface area contributed by atoms with E-state index in [-0.39, 0.29) is 12.5 Å². The summed E-state index contributed by atoms with van der Waals surface area (Å²) in [5, 5.41) is 16.6. The summed E-state index contributed by atoms with van der Waals surface area (Å²) < 4.78 is 1.46. The SMILES string of the molecule is CC1CCCC(CO)(NC(=O)c2c(N)cnn2C)C1. The Bertz CT molecular complexity index is 452. The molecule has 4 N–H and O–H groups in total. The highest BCUT2D eigenvalue weighted by molar-refractivity contribution is 5.97. The average molecular weight is 266 g/mol. The van der Waals surface area contributed by atoms with Crippen molar-refractivity contribution in [3.8, 4) is 0 Å². The molecule has 1 fully saturated rings. The van der Waals surface area contributed by atoms with Gasteiger partial charge in [0.05, 0.1) is 24.0 Å². The van der Waals surface area contributed by atoms with E-state index in [1.807, 2.05) is 0 Å². The molecule has 0 bridgehead atoms. The number of aromatic nitrogens is 2. The van der Waals surface area contributed by atoms with Crippen LogP contribution in [-0.4, -0.2) is 32.9 Å². The quantitative estimate of drug-likeness (QED) is 0.749. The topological polar surface area (TPSA) is 93.2 Å². The van der Waals surface area contributed by atoms with Gasteiger partial charge in [-0.05, 0) is 18.8 Å². The normalized spacial score (nSPS) is 27.2. The third-order valence-corrected chi connectivity index (χ3v) is 3.95. The average Bonchev–Trinajstić information content (AvgIpc) is 2.69. The van der Waals surface area contributed by atoms with Crippen LogP contribution in [0.15, 0.2) is 6.20 Å². The number of hydrogen-bond acceptors (Lipinski definition) is 4. The van der Waals surface area contributed by atoms with Crippen LogP contribution in [0.25, 0.3) is 0 Å². The van der Waals surface area contributed by atoms with Gasteiger partial charge in [0.2, 0.25) is 0 Å². The van der Waals surface area contributed by atoms with Crippen LogP contribution in [0, 0.1) is 5.92 Å². The predicted octanol–water partition coefficient (Wildman–Crippen LogP) is 0.673. The number of nitrogens with zero attached hydrogens (tertiary/aromatic N) is 2. The number of carbonyl (C=O) groups excluding carboxylic acids is 1. The molecule has 2 rings (SSSR count). The van der Waals surface area contributed by atoms with Crippen molar-refractivity contribution in [2.24, 2.45) is 13.0 Å². The lowest BCUT2D eigenvalue weighted by Gasteiger charge is -2.39. The summed E-state index contributed by atoms with van der Waals surface area (Å²) in [5.41, 5.74) is 5.94. The smallest absolute Gasteiger partial charge is 0.272 e. The van der Waals surface area contributed by atoms with Crippen molar-refractivity contribution in [1.29, 1.82) is 0 Å². The van der Waals surface area contributed by atoms with Gasteiger partial charge in [-0.25, -0.2) is 0 Å². The lowest BCUT2D eigenvalue weighted by atomic mass is 9.77. The molecule has 2 unspecified atom stereocenters. The summed E-state index contributed by atoms with van der Waals surface area (Å²) in [6.45, 7) is 2.11. The van der Waals surface area contributed by atoms with Crippen molar-refractivity contribution in [1.82, 2.24) is 15.1 Å². The zero-order chi connectivity index (χ0) is 14.0. The van der Waals surface area contributed by atoms with E-state index in [9.17, 15) is 9.90 Å². The van der Waals surface area contributed by atoms with E-state index in [1.165, 1.54) is 10.9 Å². The van der Waals surface area contributed by atoms with Gasteiger partial charge in [-0.15, -0.1) is 0 Å². The van der Waals surface area contributed by atoms with Crippen LogP contribution >= 0.6 is 0 Å². The molecule has 0 aliphatic heterocycles. The van der Waals surface area contributed by atoms with E-state index >= 15 is 0 Å². The number of hydrogen-bond donors (Lipinski definition) is 3. The van der Waals surface area contributed by atoms with Gasteiger partial charge in [0.1, 0.15) is 5.69 Å². The maximum Gasteiger partial charge on any atom is 0.272 e. The highest BCUT2D eigenvalue weighted by Gasteiger charge is 2.36. The van der Waals surface area contributed by atoms with E-state index in [2.05, 4.69) is 17.3 Å². The molecule has 0 aromatic carbocycles. The zero-order valence-corrected chi connectivity index (χ0v) is 11.5. The fraction of sp³-hybridized carbons (Fsp3) is 0.692. The number of nitrogen functional groups attached to an aromatic ring is 1. The number of aryl methyl sites for hydroxylation is 1. The van der Waals surface area contributed by atoms with Gasteiger partial charge >= 0.3 is 0 Å². The maximum atomic E-state index is 12.3. The number of aliphatic hydroxyl groups excluding tert-OH is 1. The molecule has 2 atom stereocenters. The van der Waals surface area contributed by atoms with E-state index in [1.54, 1.807) is 7.05 Å². The van der Waals surface area contributed by atoms with Crippen molar-refractivity contribution in [2.45, 2.75) is 38.1 Å². The molecule has 1 aliphatic rings. The Morgan fingerprint density at radius 3 is 3.00 bits per heavy atom. The summed E-state index contributed by atoms with van der Waals surface area (Å²) >= 11 is 0. The van der Waals surface area contributed by atoms with Crippen LogP contribution in [-0.2, 0) is 7.05 Å². The van der Waals surface area contributed by atoms with Gasteiger partial charge < -0.3 is 16.2 Å². The predicted molar refractivity (Wildman–Crippen MR) is 72.5 cm³/mol. The van der Waals surface area contributed by atoms with Gasteiger partial charge in [0, 0.05) is 7.05 Å². The van der Waals surface area contributed by atoms with Crippen molar-refractivity contribution in [2.75, 3.05) is 12.3 Å². The number of nitrogens with one attached hydrogen (secondary N) is 1. The largest absolute Gasteiger partial charge is 0.396 e. The number of nitrogens with two attached hydrogens (primary N) is 1. The van der Waals surface area contributed by atoms with Gasteiger partial charge in [-0.3, -0.25) is 9.48 Å². The van der Waals surface area contributed by atoms with Gasteiger partial charge in [-0.1, -0.05) is 19.8 Å². The molecular formula is C13H22N4O2. The maximum absolute atomic E-state index is 12.3. The van der Waals surface area contributed by atoms with Crippen molar-refractivity contribution < 1.29 is 9.90 Å². The van der Waals surface area contributed by atoms with E-state index in [4.69, 9.17) is 5.73 Å². The molecule has 6 nitrogen and oxygen atoms in total. The number of rotatable bonds is 3. The first-order valence-electron chi connectivity index (χ1n) is 6.68. The fourth-order valence-corrected chi connectivity index (χ4v) is 2.99. The molecule has 1 aromatic heterocycles. The van der Waals surface area contributed by atoms with Crippen LogP contribution in [0.2, 0.25) is 0 Å². The number of carbonyl (C=O) groups is 1. The number of anilines is 1. The molecule has 1 heterocycles. The van der Waals surface area contributed by atoms with Crippen LogP contribution < -0.4 is 11.1 Å². The van der Waals surface area contributed by atoms with Gasteiger partial charge in [0.25, 0.3) is 5.91 Å². The minimum absolute atomic E-state index is 0.0408. The van der Waals surface area contributed by atoms with Crippen LogP contribution in [0.1, 0.15) is 43.1 Å². The summed E-state index contributed by atoms with van der Waals surface area (Å²) in [4.78, 5) is 12.3. The second-order valence-corrected chi connectivity index (χ2v) is 5.67. The Kier molecular flexibility index (Phi) is 3.80. The van der Waals surface area contributed by atoms with Gasteiger partial charge in [0.15, 0.2) is 0 Å². The van der Waals surface area contributed by atoms with Crippen LogP contribution in [0.4, 0.5) is 5.69 Å². The summed E-state index contributed by atoms with van der Waals surface area (Å²) in [6, 6.07) is 0. The second-order valence-electron chi connectivity index (χ2n) is 5.67. The first-order chi connectivity index (χ1) is 8.97. The first kappa shape index (κ1) is 13.9. The lowest BCUT2D eigenvalue weighted by Crippen LogP contribution is -2.54. The fourth-order valence-electron chi connectivity index (χ4n) is 2.99. The highest BCUT2D eigenvalue weighted by Crippen LogP contribution is 2.32. The summed E-state index contributed by atoms with van der Waals surface area (Å²) in [6.07, 6.45) is 5.22. The molecule has 106 valence electrons. The number of aliphatic hydroxyl groups is 1. The molecule has 1 aliphatic carbocycles. The molecule has 1 aromatic rings. The molecule has 0 saturated heterocycles. The third kappa shape index (κ3) is 2.73. The second kappa shape index (κ2) is 5.21. The third-order valence-electron chi connectivity index (χ3n) is 3.95. The van der Waals surface area contributed by atoms with E-state index in [0.29, 0.717) is 17.3 Å². The van der Waals surface area contributed by atoms with Crippen LogP contribution in [0.5, 0.6) is 0 Å². The molecule has 6 heteroatoms. The van der Waals surface area contributed by atoms with Crippen molar-refractivity contribution >= 4 is 11.6 Å². The standard InChI is InChI=1S/C13H22N4O2/c1-9-4-3-5-13(6-9,8-18)16-12(19)11-10(14)7-15-17(11)2/h7,9,18H,3-6,8,14H2,1-2H3,(H,16,19). The highest BCUT2D eigenvalue weighted by atomic mass is 16.3.